The Bertz CT molecular complexity index is 1080. The number of phenols is 1. The van der Waals surface area contributed by atoms with Crippen LogP contribution in [-0.4, -0.2) is 26.8 Å². The van der Waals surface area contributed by atoms with Gasteiger partial charge in [0.1, 0.15) is 17.3 Å². The average Bonchev–Trinajstić information content (AvgIpc) is 3.31. The molecule has 2 aromatic carbocycles. The fraction of sp³-hybridized carbons (Fsp3) is 0.130. The Morgan fingerprint density at radius 3 is 2.34 bits per heavy atom. The SMILES string of the molecule is Cc1ccc(C(O)=C2C(=O)C(=O)N(Cc3ccco3)C2c2ccc(O)cc2)cc1. The van der Waals surface area contributed by atoms with Gasteiger partial charge in [0.2, 0.25) is 0 Å². The second kappa shape index (κ2) is 7.31. The molecule has 1 saturated heterocycles. The molecule has 2 N–H and O–H groups in total. The van der Waals surface area contributed by atoms with Gasteiger partial charge in [-0.25, -0.2) is 0 Å². The lowest BCUT2D eigenvalue weighted by Crippen LogP contribution is -2.29. The van der Waals surface area contributed by atoms with Gasteiger partial charge in [0, 0.05) is 5.56 Å². The van der Waals surface area contributed by atoms with Crippen LogP contribution in [0.2, 0.25) is 0 Å². The van der Waals surface area contributed by atoms with E-state index in [2.05, 4.69) is 0 Å². The molecule has 1 aliphatic heterocycles. The molecule has 29 heavy (non-hydrogen) atoms. The molecule has 1 aliphatic rings. The summed E-state index contributed by atoms with van der Waals surface area (Å²) in [5.41, 5.74) is 2.07. The molecule has 1 amide bonds. The summed E-state index contributed by atoms with van der Waals surface area (Å²) in [4.78, 5) is 27.1. The van der Waals surface area contributed by atoms with E-state index in [9.17, 15) is 19.8 Å². The number of benzene rings is 2. The molecule has 2 heterocycles. The Labute approximate surface area is 167 Å². The van der Waals surface area contributed by atoms with E-state index in [0.29, 0.717) is 16.9 Å². The molecule has 6 nitrogen and oxygen atoms in total. The van der Waals surface area contributed by atoms with Gasteiger partial charge in [-0.15, -0.1) is 0 Å². The van der Waals surface area contributed by atoms with E-state index in [-0.39, 0.29) is 23.6 Å². The van der Waals surface area contributed by atoms with Crippen molar-refractivity contribution < 1.29 is 24.2 Å². The standard InChI is InChI=1S/C23H19NO5/c1-14-4-6-16(7-5-14)21(26)19-20(15-8-10-17(25)11-9-15)24(23(28)22(19)27)13-18-3-2-12-29-18/h2-12,20,25-26H,13H2,1H3. The quantitative estimate of drug-likeness (QED) is 0.401. The summed E-state index contributed by atoms with van der Waals surface area (Å²) in [5, 5.41) is 20.6. The molecule has 0 saturated carbocycles. The molecular weight excluding hydrogens is 370 g/mol. The highest BCUT2D eigenvalue weighted by Crippen LogP contribution is 2.40. The lowest BCUT2D eigenvalue weighted by Gasteiger charge is -2.24. The second-order valence-corrected chi connectivity index (χ2v) is 6.96. The van der Waals surface area contributed by atoms with Crippen LogP contribution in [0.4, 0.5) is 0 Å². The Kier molecular flexibility index (Phi) is 4.68. The van der Waals surface area contributed by atoms with E-state index in [0.717, 1.165) is 5.56 Å². The highest BCUT2D eigenvalue weighted by molar-refractivity contribution is 6.46. The molecule has 1 aromatic heterocycles. The summed E-state index contributed by atoms with van der Waals surface area (Å²) in [6, 6.07) is 15.9. The summed E-state index contributed by atoms with van der Waals surface area (Å²) in [5.74, 6) is -1.12. The third-order valence-electron chi connectivity index (χ3n) is 4.98. The molecule has 0 spiro atoms. The van der Waals surface area contributed by atoms with E-state index in [4.69, 9.17) is 4.42 Å². The predicted octanol–water partition coefficient (Wildman–Crippen LogP) is 3.92. The number of rotatable bonds is 4. The van der Waals surface area contributed by atoms with Crippen LogP contribution in [0.15, 0.2) is 76.9 Å². The number of aryl methyl sites for hydroxylation is 1. The summed E-state index contributed by atoms with van der Waals surface area (Å²) in [6.45, 7) is 2.00. The molecule has 6 heteroatoms. The molecule has 0 radical (unpaired) electrons. The van der Waals surface area contributed by atoms with Crippen molar-refractivity contribution in [2.24, 2.45) is 0 Å². The maximum absolute atomic E-state index is 12.9. The van der Waals surface area contributed by atoms with Gasteiger partial charge in [-0.3, -0.25) is 9.59 Å². The molecule has 0 aliphatic carbocycles. The minimum Gasteiger partial charge on any atom is -0.508 e. The number of carbonyl (C=O) groups is 2. The van der Waals surface area contributed by atoms with Crippen LogP contribution >= 0.6 is 0 Å². The second-order valence-electron chi connectivity index (χ2n) is 6.96. The van der Waals surface area contributed by atoms with Gasteiger partial charge in [-0.1, -0.05) is 42.0 Å². The first-order valence-electron chi connectivity index (χ1n) is 9.12. The molecular formula is C23H19NO5. The van der Waals surface area contributed by atoms with Crippen LogP contribution in [0, 0.1) is 6.92 Å². The van der Waals surface area contributed by atoms with Gasteiger partial charge in [0.05, 0.1) is 24.4 Å². The van der Waals surface area contributed by atoms with Crippen molar-refractivity contribution in [3.63, 3.8) is 0 Å². The van der Waals surface area contributed by atoms with Crippen LogP contribution in [0.5, 0.6) is 5.75 Å². The average molecular weight is 389 g/mol. The fourth-order valence-corrected chi connectivity index (χ4v) is 3.48. The highest BCUT2D eigenvalue weighted by Gasteiger charge is 2.46. The van der Waals surface area contributed by atoms with Gasteiger partial charge in [-0.05, 0) is 36.8 Å². The van der Waals surface area contributed by atoms with Gasteiger partial charge in [0.15, 0.2) is 0 Å². The van der Waals surface area contributed by atoms with Crippen molar-refractivity contribution in [1.82, 2.24) is 4.90 Å². The van der Waals surface area contributed by atoms with Gasteiger partial charge < -0.3 is 19.5 Å². The van der Waals surface area contributed by atoms with Crippen LogP contribution in [0.1, 0.15) is 28.5 Å². The third kappa shape index (κ3) is 3.40. The zero-order valence-corrected chi connectivity index (χ0v) is 15.7. The van der Waals surface area contributed by atoms with Gasteiger partial charge in [0.25, 0.3) is 11.7 Å². The number of Topliss-reactive ketones (excluding diaryl/α,β-unsaturated/α-hetero) is 1. The number of hydrogen-bond acceptors (Lipinski definition) is 5. The lowest BCUT2D eigenvalue weighted by atomic mass is 9.95. The number of ketones is 1. The number of carbonyl (C=O) groups excluding carboxylic acids is 2. The van der Waals surface area contributed by atoms with Crippen LogP contribution in [0.3, 0.4) is 0 Å². The van der Waals surface area contributed by atoms with E-state index in [1.165, 1.54) is 23.3 Å². The Morgan fingerprint density at radius 1 is 1.03 bits per heavy atom. The van der Waals surface area contributed by atoms with E-state index in [1.807, 2.05) is 19.1 Å². The zero-order chi connectivity index (χ0) is 20.5. The summed E-state index contributed by atoms with van der Waals surface area (Å²) < 4.78 is 5.35. The van der Waals surface area contributed by atoms with Gasteiger partial charge in [-0.2, -0.15) is 0 Å². The predicted molar refractivity (Wildman–Crippen MR) is 106 cm³/mol. The van der Waals surface area contributed by atoms with Crippen molar-refractivity contribution >= 4 is 17.4 Å². The van der Waals surface area contributed by atoms with Crippen molar-refractivity contribution in [1.29, 1.82) is 0 Å². The molecule has 3 aromatic rings. The van der Waals surface area contributed by atoms with Crippen molar-refractivity contribution in [2.75, 3.05) is 0 Å². The summed E-state index contributed by atoms with van der Waals surface area (Å²) in [6.07, 6.45) is 1.49. The molecule has 1 unspecified atom stereocenters. The number of furan rings is 1. The largest absolute Gasteiger partial charge is 0.508 e. The number of aliphatic hydroxyl groups excluding tert-OH is 1. The fourth-order valence-electron chi connectivity index (χ4n) is 3.48. The minimum absolute atomic E-state index is 0.0103. The first kappa shape index (κ1) is 18.6. The van der Waals surface area contributed by atoms with E-state index in [1.54, 1.807) is 36.4 Å². The maximum Gasteiger partial charge on any atom is 0.296 e. The zero-order valence-electron chi connectivity index (χ0n) is 15.7. The molecule has 146 valence electrons. The Hall–Kier alpha value is -3.80. The number of likely N-dealkylation sites (tertiary alicyclic amines) is 1. The molecule has 1 fully saturated rings. The minimum atomic E-state index is -0.804. The number of aliphatic hydroxyl groups is 1. The summed E-state index contributed by atoms with van der Waals surface area (Å²) >= 11 is 0. The highest BCUT2D eigenvalue weighted by atomic mass is 16.3. The number of amides is 1. The van der Waals surface area contributed by atoms with Crippen LogP contribution in [0.25, 0.3) is 5.76 Å². The topological polar surface area (TPSA) is 91.0 Å². The van der Waals surface area contributed by atoms with Crippen LogP contribution < -0.4 is 0 Å². The molecule has 1 atom stereocenters. The maximum atomic E-state index is 12.9. The lowest BCUT2D eigenvalue weighted by molar-refractivity contribution is -0.140. The number of phenolic OH excluding ortho intramolecular Hbond substituents is 1. The Morgan fingerprint density at radius 2 is 1.72 bits per heavy atom. The smallest absolute Gasteiger partial charge is 0.296 e. The van der Waals surface area contributed by atoms with E-state index >= 15 is 0 Å². The van der Waals surface area contributed by atoms with E-state index < -0.39 is 17.7 Å². The summed E-state index contributed by atoms with van der Waals surface area (Å²) in [7, 11) is 0. The first-order chi connectivity index (χ1) is 14.0. The number of aromatic hydroxyl groups is 1. The first-order valence-corrected chi connectivity index (χ1v) is 9.12. The number of nitrogens with zero attached hydrogens (tertiary/aromatic N) is 1. The molecule has 0 bridgehead atoms. The van der Waals surface area contributed by atoms with Crippen molar-refractivity contribution in [2.45, 2.75) is 19.5 Å². The molecule has 4 rings (SSSR count). The Balaban J connectivity index is 1.86. The van der Waals surface area contributed by atoms with Crippen LogP contribution in [-0.2, 0) is 16.1 Å². The number of hydrogen-bond donors (Lipinski definition) is 2. The van der Waals surface area contributed by atoms with Crippen molar-refractivity contribution in [3.8, 4) is 5.75 Å². The normalized spacial score (nSPS) is 18.4. The van der Waals surface area contributed by atoms with Gasteiger partial charge >= 0.3 is 0 Å². The monoisotopic (exact) mass is 389 g/mol. The van der Waals surface area contributed by atoms with Crippen molar-refractivity contribution in [3.05, 3.63) is 95.0 Å². The third-order valence-corrected chi connectivity index (χ3v) is 4.98.